The molecule has 4 atom stereocenters. The monoisotopic (exact) mass is 624 g/mol. The first-order valence-corrected chi connectivity index (χ1v) is 14.7. The smallest absolute Gasteiger partial charge is 0.344 e. The van der Waals surface area contributed by atoms with E-state index in [9.17, 15) is 19.2 Å². The molecule has 0 bridgehead atoms. The van der Waals surface area contributed by atoms with E-state index in [1.54, 1.807) is 25.0 Å². The number of benzene rings is 2. The summed E-state index contributed by atoms with van der Waals surface area (Å²) in [7, 11) is 0. The van der Waals surface area contributed by atoms with Crippen molar-refractivity contribution >= 4 is 23.8 Å². The van der Waals surface area contributed by atoms with Crippen molar-refractivity contribution in [2.45, 2.75) is 38.8 Å². The second-order valence-corrected chi connectivity index (χ2v) is 11.3. The fourth-order valence-corrected chi connectivity index (χ4v) is 5.74. The van der Waals surface area contributed by atoms with Crippen LogP contribution in [0.15, 0.2) is 98.1 Å². The van der Waals surface area contributed by atoms with Crippen LogP contribution < -0.4 is 10.9 Å². The van der Waals surface area contributed by atoms with Crippen molar-refractivity contribution in [3.63, 3.8) is 0 Å². The molecule has 14 nitrogen and oxygen atoms in total. The molecule has 0 spiro atoms. The van der Waals surface area contributed by atoms with Crippen LogP contribution in [-0.2, 0) is 28.9 Å². The molecule has 46 heavy (non-hydrogen) atoms. The maximum atomic E-state index is 12.8. The number of rotatable bonds is 8. The number of nitrogens with one attached hydrogen (secondary N) is 2. The van der Waals surface area contributed by atoms with Crippen molar-refractivity contribution in [2.75, 3.05) is 0 Å². The van der Waals surface area contributed by atoms with Crippen molar-refractivity contribution in [3.8, 4) is 11.4 Å². The van der Waals surface area contributed by atoms with Gasteiger partial charge in [0.2, 0.25) is 11.8 Å². The quantitative estimate of drug-likeness (QED) is 0.280. The molecule has 2 aromatic heterocycles. The van der Waals surface area contributed by atoms with Gasteiger partial charge in [-0.05, 0) is 57.6 Å². The maximum Gasteiger partial charge on any atom is 0.351 e. The van der Waals surface area contributed by atoms with E-state index >= 15 is 0 Å². The molecule has 236 valence electrons. The van der Waals surface area contributed by atoms with E-state index in [2.05, 4.69) is 20.8 Å². The van der Waals surface area contributed by atoms with Crippen LogP contribution in [0.3, 0.4) is 0 Å². The third kappa shape index (κ3) is 6.72. The van der Waals surface area contributed by atoms with Crippen molar-refractivity contribution in [1.29, 1.82) is 0 Å². The Morgan fingerprint density at radius 3 is 1.43 bits per heavy atom. The number of hydrogen-bond acceptors (Lipinski definition) is 10. The van der Waals surface area contributed by atoms with Crippen LogP contribution in [0.2, 0.25) is 0 Å². The van der Waals surface area contributed by atoms with Gasteiger partial charge in [-0.3, -0.25) is 20.4 Å². The van der Waals surface area contributed by atoms with Crippen LogP contribution >= 0.6 is 0 Å². The number of carbonyl (C=O) groups is 4. The molecular weight excluding hydrogens is 592 g/mol. The van der Waals surface area contributed by atoms with Crippen LogP contribution in [0, 0.1) is 11.8 Å². The highest BCUT2D eigenvalue weighted by molar-refractivity contribution is 5.91. The Morgan fingerprint density at radius 2 is 1.09 bits per heavy atom. The minimum absolute atomic E-state index is 0.190. The normalized spacial score (nSPS) is 22.3. The van der Waals surface area contributed by atoms with E-state index in [-0.39, 0.29) is 36.5 Å². The summed E-state index contributed by atoms with van der Waals surface area (Å²) in [6, 6.07) is 14.2. The number of amides is 2. The van der Waals surface area contributed by atoms with Gasteiger partial charge in [0.25, 0.3) is 0 Å². The van der Waals surface area contributed by atoms with Gasteiger partial charge in [-0.2, -0.15) is 0 Å². The third-order valence-corrected chi connectivity index (χ3v) is 7.87. The summed E-state index contributed by atoms with van der Waals surface area (Å²) in [6.07, 6.45) is 12.6. The Hall–Kier alpha value is -5.60. The van der Waals surface area contributed by atoms with E-state index in [0.717, 1.165) is 45.0 Å². The maximum absolute atomic E-state index is 12.8. The van der Waals surface area contributed by atoms with Crippen LogP contribution in [-0.4, -0.2) is 53.2 Å². The summed E-state index contributed by atoms with van der Waals surface area (Å²) in [5, 5.41) is 2.22. The number of hydrazine groups is 2. The van der Waals surface area contributed by atoms with E-state index in [0.29, 0.717) is 0 Å². The molecule has 2 aliphatic heterocycles. The first-order valence-electron chi connectivity index (χ1n) is 14.7. The predicted molar refractivity (Wildman–Crippen MR) is 161 cm³/mol. The molecule has 4 unspecified atom stereocenters. The zero-order chi connectivity index (χ0) is 32.2. The predicted octanol–water partition coefficient (Wildman–Crippen LogP) is 3.06. The largest absolute Gasteiger partial charge is 0.351 e. The second kappa shape index (κ2) is 13.2. The second-order valence-electron chi connectivity index (χ2n) is 11.3. The number of hydrogen-bond donors (Lipinski definition) is 2. The standard InChI is InChI=1S/C32H32N8O6/c1-21-17-27(41)35-39(31(21)23-3-7-25(8-4-23)37-15-13-33-19-37)45-29(43)11-12-30(44)46-40-32(22(2)18-28(42)36-40)24-5-9-26(10-6-24)38-16-14-34-20-38/h3-16,19-22,31-32H,17-18H2,1-2H3,(H,35,41)(H,36,42)/b12-11+. The van der Waals surface area contributed by atoms with E-state index in [4.69, 9.17) is 9.68 Å². The topological polar surface area (TPSA) is 153 Å². The molecule has 0 radical (unpaired) electrons. The van der Waals surface area contributed by atoms with Crippen LogP contribution in [0.1, 0.15) is 49.9 Å². The molecule has 2 fully saturated rings. The van der Waals surface area contributed by atoms with Crippen LogP contribution in [0.25, 0.3) is 11.4 Å². The summed E-state index contributed by atoms with van der Waals surface area (Å²) in [4.78, 5) is 69.4. The number of nitrogens with zero attached hydrogens (tertiary/aromatic N) is 6. The average Bonchev–Trinajstić information content (AvgIpc) is 3.76. The van der Waals surface area contributed by atoms with Gasteiger partial charge in [0.05, 0.1) is 24.7 Å². The summed E-state index contributed by atoms with van der Waals surface area (Å²) < 4.78 is 3.71. The molecule has 4 aromatic rings. The highest BCUT2D eigenvalue weighted by atomic mass is 16.7. The van der Waals surface area contributed by atoms with Gasteiger partial charge >= 0.3 is 11.9 Å². The van der Waals surface area contributed by atoms with E-state index in [1.165, 1.54) is 0 Å². The summed E-state index contributed by atoms with van der Waals surface area (Å²) in [5.41, 5.74) is 8.60. The first-order chi connectivity index (χ1) is 22.2. The summed E-state index contributed by atoms with van der Waals surface area (Å²) >= 11 is 0. The van der Waals surface area contributed by atoms with Gasteiger partial charge in [-0.1, -0.05) is 38.1 Å². The van der Waals surface area contributed by atoms with Crippen LogP contribution in [0.4, 0.5) is 0 Å². The number of imidazole rings is 2. The molecule has 0 aliphatic carbocycles. The molecule has 2 amide bonds. The zero-order valence-electron chi connectivity index (χ0n) is 25.1. The van der Waals surface area contributed by atoms with Gasteiger partial charge in [-0.25, -0.2) is 19.6 Å². The van der Waals surface area contributed by atoms with Gasteiger partial charge in [0.15, 0.2) is 0 Å². The Bertz CT molecular complexity index is 1590. The van der Waals surface area contributed by atoms with E-state index < -0.39 is 24.0 Å². The van der Waals surface area contributed by atoms with Gasteiger partial charge < -0.3 is 18.8 Å². The molecule has 4 heterocycles. The lowest BCUT2D eigenvalue weighted by Crippen LogP contribution is -2.52. The fraction of sp³-hybridized carbons (Fsp3) is 0.250. The third-order valence-electron chi connectivity index (χ3n) is 7.87. The molecular formula is C32H32N8O6. The number of hydroxylamine groups is 2. The average molecular weight is 625 g/mol. The molecule has 0 saturated carbocycles. The lowest BCUT2D eigenvalue weighted by Gasteiger charge is -2.37. The molecule has 2 N–H and O–H groups in total. The Kier molecular flexibility index (Phi) is 8.72. The SMILES string of the molecule is CC1CC(=O)NN(OC(=O)/C=C/C(=O)ON2NC(=O)CC(C)C2c2ccc(-n3ccnc3)cc2)C1c1ccc(-n2ccnc2)cc1. The van der Waals surface area contributed by atoms with Crippen molar-refractivity contribution in [3.05, 3.63) is 109 Å². The highest BCUT2D eigenvalue weighted by Gasteiger charge is 2.38. The van der Waals surface area contributed by atoms with Crippen molar-refractivity contribution in [1.82, 2.24) is 40.3 Å². The summed E-state index contributed by atoms with van der Waals surface area (Å²) in [5.74, 6) is -2.82. The number of aromatic nitrogens is 4. The fourth-order valence-electron chi connectivity index (χ4n) is 5.74. The lowest BCUT2D eigenvalue weighted by molar-refractivity contribution is -0.234. The zero-order valence-corrected chi connectivity index (χ0v) is 25.1. The molecule has 2 aromatic carbocycles. The lowest BCUT2D eigenvalue weighted by atomic mass is 9.90. The molecule has 14 heteroatoms. The van der Waals surface area contributed by atoms with E-state index in [1.807, 2.05) is 83.9 Å². The van der Waals surface area contributed by atoms with Crippen LogP contribution in [0.5, 0.6) is 0 Å². The minimum atomic E-state index is -0.908. The summed E-state index contributed by atoms with van der Waals surface area (Å²) in [6.45, 7) is 3.77. The highest BCUT2D eigenvalue weighted by Crippen LogP contribution is 2.35. The molecule has 2 saturated heterocycles. The van der Waals surface area contributed by atoms with Crippen molar-refractivity contribution in [2.24, 2.45) is 11.8 Å². The van der Waals surface area contributed by atoms with Gasteiger partial charge in [-0.15, -0.1) is 0 Å². The number of carbonyl (C=O) groups excluding carboxylic acids is 4. The van der Waals surface area contributed by atoms with Gasteiger partial charge in [0.1, 0.15) is 0 Å². The Balaban J connectivity index is 1.11. The van der Waals surface area contributed by atoms with Crippen molar-refractivity contribution < 1.29 is 28.9 Å². The Labute approximate surface area is 264 Å². The molecule has 2 aliphatic rings. The minimum Gasteiger partial charge on any atom is -0.344 e. The molecule has 6 rings (SSSR count). The first kappa shape index (κ1) is 30.4. The Morgan fingerprint density at radius 1 is 0.696 bits per heavy atom. The van der Waals surface area contributed by atoms with Gasteiger partial charge in [0, 0.05) is 61.2 Å².